The van der Waals surface area contributed by atoms with Crippen LogP contribution in [0.2, 0.25) is 0 Å². The van der Waals surface area contributed by atoms with E-state index in [4.69, 9.17) is 0 Å². The van der Waals surface area contributed by atoms with Crippen molar-refractivity contribution in [2.45, 2.75) is 19.5 Å². The predicted molar refractivity (Wildman–Crippen MR) is 100 cm³/mol. The molecule has 2 rings (SSSR count). The van der Waals surface area contributed by atoms with Crippen LogP contribution in [0.15, 0.2) is 24.3 Å². The number of alkyl halides is 3. The molecule has 0 bridgehead atoms. The fourth-order valence-electron chi connectivity index (χ4n) is 3.13. The normalized spacial score (nSPS) is 16.0. The molecule has 2 N–H and O–H groups in total. The van der Waals surface area contributed by atoms with E-state index in [1.54, 1.807) is 18.0 Å². The Hall–Kier alpha value is -2.29. The Kier molecular flexibility index (Phi) is 7.68. The Labute approximate surface area is 163 Å². The molecule has 1 saturated heterocycles. The van der Waals surface area contributed by atoms with Gasteiger partial charge < -0.3 is 20.0 Å². The zero-order chi connectivity index (χ0) is 20.7. The van der Waals surface area contributed by atoms with E-state index in [2.05, 4.69) is 5.32 Å². The van der Waals surface area contributed by atoms with E-state index in [-0.39, 0.29) is 24.9 Å². The monoisotopic (exact) mass is 401 g/mol. The van der Waals surface area contributed by atoms with Crippen molar-refractivity contribution in [2.24, 2.45) is 0 Å². The maximum absolute atomic E-state index is 12.9. The van der Waals surface area contributed by atoms with E-state index in [1.807, 2.05) is 11.8 Å². The molecule has 0 spiro atoms. The fraction of sp³-hybridized carbons (Fsp3) is 0.579. The highest BCUT2D eigenvalue weighted by Crippen LogP contribution is 2.31. The van der Waals surface area contributed by atoms with E-state index in [0.29, 0.717) is 38.4 Å². The van der Waals surface area contributed by atoms with Gasteiger partial charge in [-0.1, -0.05) is 13.0 Å². The minimum Gasteiger partial charge on any atom is -0.368 e. The highest BCUT2D eigenvalue weighted by Gasteiger charge is 2.31. The van der Waals surface area contributed by atoms with E-state index in [1.165, 1.54) is 6.07 Å². The average Bonchev–Trinajstić information content (AvgIpc) is 2.65. The molecule has 1 atom stereocenters. The van der Waals surface area contributed by atoms with Crippen molar-refractivity contribution in [1.82, 2.24) is 10.2 Å². The van der Waals surface area contributed by atoms with Gasteiger partial charge in [-0.2, -0.15) is 13.2 Å². The number of piperazine rings is 1. The summed E-state index contributed by atoms with van der Waals surface area (Å²) in [6.07, 6.45) is -3.51. The second-order valence-corrected chi connectivity index (χ2v) is 7.08. The van der Waals surface area contributed by atoms with Crippen molar-refractivity contribution >= 4 is 17.5 Å². The lowest BCUT2D eigenvalue weighted by molar-refractivity contribution is -0.863. The highest BCUT2D eigenvalue weighted by molar-refractivity contribution is 5.79. The van der Waals surface area contributed by atoms with E-state index < -0.39 is 11.7 Å². The quantitative estimate of drug-likeness (QED) is 0.695. The lowest BCUT2D eigenvalue weighted by atomic mass is 10.1. The second-order valence-electron chi connectivity index (χ2n) is 7.08. The maximum Gasteiger partial charge on any atom is 0.416 e. The van der Waals surface area contributed by atoms with Crippen LogP contribution in [0.3, 0.4) is 0 Å². The summed E-state index contributed by atoms with van der Waals surface area (Å²) in [5, 5.41) is 2.78. The molecule has 1 unspecified atom stereocenters. The fourth-order valence-corrected chi connectivity index (χ4v) is 3.13. The van der Waals surface area contributed by atoms with Gasteiger partial charge in [0.2, 0.25) is 0 Å². The van der Waals surface area contributed by atoms with Crippen LogP contribution in [0.1, 0.15) is 18.9 Å². The van der Waals surface area contributed by atoms with Crippen molar-refractivity contribution in [3.63, 3.8) is 0 Å². The van der Waals surface area contributed by atoms with Gasteiger partial charge in [-0.25, -0.2) is 0 Å². The molecular weight excluding hydrogens is 373 g/mol. The minimum absolute atomic E-state index is 0.0514. The van der Waals surface area contributed by atoms with Crippen LogP contribution in [-0.4, -0.2) is 69.6 Å². The van der Waals surface area contributed by atoms with Crippen molar-refractivity contribution in [3.05, 3.63) is 29.8 Å². The first kappa shape index (κ1) is 22.0. The maximum atomic E-state index is 12.9. The predicted octanol–water partition coefficient (Wildman–Crippen LogP) is 0.395. The summed E-state index contributed by atoms with van der Waals surface area (Å²) < 4.78 is 38.6. The standard InChI is InChI=1S/C19H27F3N4O2/c1-3-7-23-17(27)13-24(2)14-18(28)26-10-8-25(9-11-26)16-6-4-5-15(12-16)19(20,21)22/h4-6,12H,3,7-11,13-14H2,1-2H3,(H,23,27)/p+1. The smallest absolute Gasteiger partial charge is 0.368 e. The molecular formula is C19H28F3N4O2+. The van der Waals surface area contributed by atoms with Gasteiger partial charge in [0, 0.05) is 38.4 Å². The van der Waals surface area contributed by atoms with Crippen molar-refractivity contribution < 1.29 is 27.7 Å². The Morgan fingerprint density at radius 1 is 1.14 bits per heavy atom. The topological polar surface area (TPSA) is 57.1 Å². The number of likely N-dealkylation sites (N-methyl/N-ethyl adjacent to an activating group) is 1. The number of rotatable bonds is 7. The van der Waals surface area contributed by atoms with E-state index in [9.17, 15) is 22.8 Å². The molecule has 1 heterocycles. The number of carbonyl (C=O) groups excluding carboxylic acids is 2. The van der Waals surface area contributed by atoms with Gasteiger partial charge in [0.05, 0.1) is 12.6 Å². The molecule has 1 aromatic rings. The lowest BCUT2D eigenvalue weighted by Crippen LogP contribution is -3.11. The zero-order valence-corrected chi connectivity index (χ0v) is 16.3. The highest BCUT2D eigenvalue weighted by atomic mass is 19.4. The Balaban J connectivity index is 1.83. The molecule has 1 aromatic carbocycles. The van der Waals surface area contributed by atoms with Crippen molar-refractivity contribution in [1.29, 1.82) is 0 Å². The summed E-state index contributed by atoms with van der Waals surface area (Å²) in [5.74, 6) is -0.133. The summed E-state index contributed by atoms with van der Waals surface area (Å²) in [7, 11) is 1.79. The third-order valence-electron chi connectivity index (χ3n) is 4.66. The summed E-state index contributed by atoms with van der Waals surface area (Å²) >= 11 is 0. The van der Waals surface area contributed by atoms with Crippen LogP contribution in [-0.2, 0) is 15.8 Å². The van der Waals surface area contributed by atoms with E-state index in [0.717, 1.165) is 23.5 Å². The minimum atomic E-state index is -4.37. The van der Waals surface area contributed by atoms with Gasteiger partial charge in [-0.05, 0) is 24.6 Å². The summed E-state index contributed by atoms with van der Waals surface area (Å²) in [4.78, 5) is 28.5. The molecule has 1 aliphatic heterocycles. The van der Waals surface area contributed by atoms with E-state index >= 15 is 0 Å². The van der Waals surface area contributed by atoms with Crippen LogP contribution in [0.4, 0.5) is 18.9 Å². The van der Waals surface area contributed by atoms with Crippen LogP contribution < -0.4 is 15.1 Å². The van der Waals surface area contributed by atoms with Gasteiger partial charge in [0.15, 0.2) is 13.1 Å². The average molecular weight is 401 g/mol. The van der Waals surface area contributed by atoms with Gasteiger partial charge in [-0.3, -0.25) is 9.59 Å². The van der Waals surface area contributed by atoms with Crippen LogP contribution in [0.5, 0.6) is 0 Å². The summed E-state index contributed by atoms with van der Waals surface area (Å²) in [6.45, 7) is 4.89. The number of quaternary nitrogens is 1. The Morgan fingerprint density at radius 2 is 1.82 bits per heavy atom. The molecule has 2 amide bonds. The first-order valence-electron chi connectivity index (χ1n) is 9.48. The first-order chi connectivity index (χ1) is 13.2. The first-order valence-corrected chi connectivity index (χ1v) is 9.48. The molecule has 9 heteroatoms. The number of halogens is 3. The Bertz CT molecular complexity index is 673. The number of carbonyl (C=O) groups is 2. The SMILES string of the molecule is CCCNC(=O)C[NH+](C)CC(=O)N1CCN(c2cccc(C(F)(F)F)c2)CC1. The third-order valence-corrected chi connectivity index (χ3v) is 4.66. The molecule has 0 radical (unpaired) electrons. The number of amides is 2. The number of benzene rings is 1. The van der Waals surface area contributed by atoms with Crippen molar-refractivity contribution in [3.8, 4) is 0 Å². The lowest BCUT2D eigenvalue weighted by Gasteiger charge is -2.36. The second kappa shape index (κ2) is 9.77. The van der Waals surface area contributed by atoms with Gasteiger partial charge in [0.1, 0.15) is 0 Å². The number of anilines is 1. The molecule has 28 heavy (non-hydrogen) atoms. The van der Waals surface area contributed by atoms with Crippen LogP contribution >= 0.6 is 0 Å². The largest absolute Gasteiger partial charge is 0.416 e. The molecule has 156 valence electrons. The van der Waals surface area contributed by atoms with Gasteiger partial charge >= 0.3 is 6.18 Å². The summed E-state index contributed by atoms with van der Waals surface area (Å²) in [5.41, 5.74) is -0.160. The molecule has 6 nitrogen and oxygen atoms in total. The van der Waals surface area contributed by atoms with Gasteiger partial charge in [-0.15, -0.1) is 0 Å². The summed E-state index contributed by atoms with van der Waals surface area (Å²) in [6, 6.07) is 5.25. The number of hydrogen-bond acceptors (Lipinski definition) is 3. The number of hydrogen-bond donors (Lipinski definition) is 2. The molecule has 0 aromatic heterocycles. The van der Waals surface area contributed by atoms with Crippen molar-refractivity contribution in [2.75, 3.05) is 57.8 Å². The van der Waals surface area contributed by atoms with Crippen LogP contribution in [0, 0.1) is 0 Å². The molecule has 1 aliphatic rings. The number of nitrogens with one attached hydrogen (secondary N) is 2. The molecule has 0 saturated carbocycles. The number of nitrogens with zero attached hydrogens (tertiary/aromatic N) is 2. The molecule has 1 fully saturated rings. The third kappa shape index (κ3) is 6.40. The molecule has 0 aliphatic carbocycles. The van der Waals surface area contributed by atoms with Gasteiger partial charge in [0.25, 0.3) is 11.8 Å². The van der Waals surface area contributed by atoms with Crippen LogP contribution in [0.25, 0.3) is 0 Å². The zero-order valence-electron chi connectivity index (χ0n) is 16.3. The Morgan fingerprint density at radius 3 is 2.43 bits per heavy atom.